The van der Waals surface area contributed by atoms with Gasteiger partial charge in [-0.2, -0.15) is 0 Å². The van der Waals surface area contributed by atoms with E-state index in [0.29, 0.717) is 28.5 Å². The smallest absolute Gasteiger partial charge is 0.379 e. The number of hydrogen-bond acceptors (Lipinski definition) is 5. The molecule has 1 aromatic rings. The van der Waals surface area contributed by atoms with E-state index >= 15 is 0 Å². The van der Waals surface area contributed by atoms with Crippen LogP contribution in [0, 0.1) is 5.92 Å². The number of benzene rings is 1. The first-order valence-corrected chi connectivity index (χ1v) is 7.57. The Kier molecular flexibility index (Phi) is 5.22. The van der Waals surface area contributed by atoms with E-state index in [4.69, 9.17) is 14.2 Å². The van der Waals surface area contributed by atoms with Crippen LogP contribution < -0.4 is 9.47 Å². The fourth-order valence-corrected chi connectivity index (χ4v) is 2.35. The monoisotopic (exact) mass is 356 g/mol. The molecule has 0 N–H and O–H groups in total. The first-order chi connectivity index (χ1) is 10.1. The number of Topliss-reactive ketones (excluding diaryl/α,β-unsaturated/α-hetero) is 1. The van der Waals surface area contributed by atoms with E-state index in [-0.39, 0.29) is 12.2 Å². The fraction of sp³-hybridized carbons (Fsp3) is 0.467. The van der Waals surface area contributed by atoms with E-state index in [1.165, 1.54) is 26.0 Å². The van der Waals surface area contributed by atoms with E-state index in [1.54, 1.807) is 13.0 Å². The predicted molar refractivity (Wildman–Crippen MR) is 79.9 cm³/mol. The van der Waals surface area contributed by atoms with Gasteiger partial charge in [-0.15, -0.1) is 0 Å². The van der Waals surface area contributed by atoms with Gasteiger partial charge in [0.1, 0.15) is 0 Å². The third kappa shape index (κ3) is 3.97. The normalized spacial score (nSPS) is 13.7. The second kappa shape index (κ2) is 6.93. The first kappa shape index (κ1) is 15.8. The van der Waals surface area contributed by atoms with Gasteiger partial charge in [0, 0.05) is 5.56 Å². The number of hydrogen-bond donors (Lipinski definition) is 0. The maximum absolute atomic E-state index is 12.0. The fourth-order valence-electron chi connectivity index (χ4n) is 1.79. The molecule has 0 bridgehead atoms. The molecule has 5 nitrogen and oxygen atoms in total. The summed E-state index contributed by atoms with van der Waals surface area (Å²) >= 11 is 3.36. The lowest BCUT2D eigenvalue weighted by molar-refractivity contribution is -0.137. The van der Waals surface area contributed by atoms with E-state index in [9.17, 15) is 9.59 Å². The molecule has 0 aromatic heterocycles. The highest BCUT2D eigenvalue weighted by molar-refractivity contribution is 9.10. The second-order valence-electron chi connectivity index (χ2n) is 4.79. The number of halogens is 1. The molecule has 0 heterocycles. The van der Waals surface area contributed by atoms with Crippen LogP contribution in [0.25, 0.3) is 0 Å². The molecular weight excluding hydrogens is 340 g/mol. The Morgan fingerprint density at radius 1 is 1.33 bits per heavy atom. The number of carbonyl (C=O) groups is 2. The lowest BCUT2D eigenvalue weighted by atomic mass is 10.1. The van der Waals surface area contributed by atoms with Crippen molar-refractivity contribution in [2.75, 3.05) is 20.3 Å². The van der Waals surface area contributed by atoms with Gasteiger partial charge in [-0.25, -0.2) is 4.79 Å². The summed E-state index contributed by atoms with van der Waals surface area (Å²) in [6, 6.07) is 3.04. The van der Waals surface area contributed by atoms with Crippen LogP contribution in [0.3, 0.4) is 0 Å². The summed E-state index contributed by atoms with van der Waals surface area (Å²) < 4.78 is 16.3. The molecule has 0 radical (unpaired) electrons. The van der Waals surface area contributed by atoms with Gasteiger partial charge in [-0.1, -0.05) is 0 Å². The zero-order valence-corrected chi connectivity index (χ0v) is 13.6. The molecule has 0 amide bonds. The van der Waals surface area contributed by atoms with Gasteiger partial charge in [0.25, 0.3) is 5.78 Å². The van der Waals surface area contributed by atoms with Crippen molar-refractivity contribution in [2.24, 2.45) is 5.92 Å². The van der Waals surface area contributed by atoms with Gasteiger partial charge in [0.15, 0.2) is 11.5 Å². The molecule has 0 saturated heterocycles. The minimum absolute atomic E-state index is 0.158. The van der Waals surface area contributed by atoms with Crippen molar-refractivity contribution >= 4 is 27.7 Å². The molecule has 21 heavy (non-hydrogen) atoms. The number of ketones is 1. The third-order valence-electron chi connectivity index (χ3n) is 3.11. The lowest BCUT2D eigenvalue weighted by Gasteiger charge is -2.13. The zero-order chi connectivity index (χ0) is 15.4. The van der Waals surface area contributed by atoms with Crippen molar-refractivity contribution in [2.45, 2.75) is 19.8 Å². The maximum Gasteiger partial charge on any atom is 0.379 e. The number of ether oxygens (including phenoxy) is 3. The Balaban J connectivity index is 2.22. The molecule has 0 aliphatic heterocycles. The summed E-state index contributed by atoms with van der Waals surface area (Å²) in [4.78, 5) is 23.5. The van der Waals surface area contributed by atoms with E-state index in [1.807, 2.05) is 0 Å². The van der Waals surface area contributed by atoms with Crippen molar-refractivity contribution in [3.8, 4) is 11.5 Å². The summed E-state index contributed by atoms with van der Waals surface area (Å²) in [5, 5.41) is 0. The number of rotatable bonds is 7. The minimum atomic E-state index is -0.877. The molecule has 1 aliphatic rings. The van der Waals surface area contributed by atoms with Crippen LogP contribution in [0.15, 0.2) is 16.6 Å². The third-order valence-corrected chi connectivity index (χ3v) is 3.70. The average molecular weight is 357 g/mol. The van der Waals surface area contributed by atoms with Crippen molar-refractivity contribution in [1.29, 1.82) is 0 Å². The van der Waals surface area contributed by atoms with Crippen molar-refractivity contribution in [3.63, 3.8) is 0 Å². The molecule has 1 aromatic carbocycles. The Morgan fingerprint density at radius 3 is 2.62 bits per heavy atom. The van der Waals surface area contributed by atoms with E-state index < -0.39 is 11.8 Å². The van der Waals surface area contributed by atoms with Gasteiger partial charge in [0.2, 0.25) is 0 Å². The highest BCUT2D eigenvalue weighted by Gasteiger charge is 2.25. The Labute approximate surface area is 131 Å². The SMILES string of the molecule is CCOC(=O)C(=O)c1cc(Br)c(OCC2CC2)c(OC)c1. The quantitative estimate of drug-likeness (QED) is 0.427. The Bertz CT molecular complexity index is 551. The molecular formula is C15H17BrO5. The van der Waals surface area contributed by atoms with Crippen LogP contribution in [0.1, 0.15) is 30.1 Å². The number of esters is 1. The van der Waals surface area contributed by atoms with Gasteiger partial charge < -0.3 is 14.2 Å². The molecule has 0 unspecified atom stereocenters. The van der Waals surface area contributed by atoms with Gasteiger partial charge >= 0.3 is 5.97 Å². The van der Waals surface area contributed by atoms with Crippen LogP contribution >= 0.6 is 15.9 Å². The van der Waals surface area contributed by atoms with E-state index in [0.717, 1.165) is 0 Å². The summed E-state index contributed by atoms with van der Waals surface area (Å²) in [5.41, 5.74) is 0.205. The molecule has 1 saturated carbocycles. The average Bonchev–Trinajstić information content (AvgIpc) is 3.28. The molecule has 0 atom stereocenters. The largest absolute Gasteiger partial charge is 0.493 e. The molecule has 1 aliphatic carbocycles. The van der Waals surface area contributed by atoms with Crippen molar-refractivity contribution in [1.82, 2.24) is 0 Å². The standard InChI is InChI=1S/C15H17BrO5/c1-3-20-15(18)13(17)10-6-11(16)14(12(7-10)19-2)21-8-9-4-5-9/h6-7,9H,3-5,8H2,1-2H3. The molecule has 6 heteroatoms. The van der Waals surface area contributed by atoms with Gasteiger partial charge in [0.05, 0.1) is 24.8 Å². The molecule has 1 fully saturated rings. The number of carbonyl (C=O) groups excluding carboxylic acids is 2. The Hall–Kier alpha value is -1.56. The highest BCUT2D eigenvalue weighted by atomic mass is 79.9. The predicted octanol–water partition coefficient (Wildman–Crippen LogP) is 2.99. The maximum atomic E-state index is 12.0. The Morgan fingerprint density at radius 2 is 2.05 bits per heavy atom. The minimum Gasteiger partial charge on any atom is -0.493 e. The summed E-state index contributed by atoms with van der Waals surface area (Å²) in [6.45, 7) is 2.43. The first-order valence-electron chi connectivity index (χ1n) is 6.78. The van der Waals surface area contributed by atoms with E-state index in [2.05, 4.69) is 15.9 Å². The van der Waals surface area contributed by atoms with Crippen LogP contribution in [0.2, 0.25) is 0 Å². The molecule has 0 spiro atoms. The van der Waals surface area contributed by atoms with Crippen LogP contribution in [0.5, 0.6) is 11.5 Å². The second-order valence-corrected chi connectivity index (χ2v) is 5.65. The van der Waals surface area contributed by atoms with Gasteiger partial charge in [-0.3, -0.25) is 4.79 Å². The summed E-state index contributed by atoms with van der Waals surface area (Å²) in [7, 11) is 1.49. The lowest BCUT2D eigenvalue weighted by Crippen LogP contribution is -2.17. The van der Waals surface area contributed by atoms with Gasteiger partial charge in [-0.05, 0) is 53.7 Å². The van der Waals surface area contributed by atoms with Crippen LogP contribution in [-0.4, -0.2) is 32.1 Å². The van der Waals surface area contributed by atoms with Crippen LogP contribution in [0.4, 0.5) is 0 Å². The summed E-state index contributed by atoms with van der Waals surface area (Å²) in [5.74, 6) is -0.0207. The van der Waals surface area contributed by atoms with Crippen LogP contribution in [-0.2, 0) is 9.53 Å². The van der Waals surface area contributed by atoms with Crippen molar-refractivity contribution in [3.05, 3.63) is 22.2 Å². The zero-order valence-electron chi connectivity index (χ0n) is 12.0. The highest BCUT2D eigenvalue weighted by Crippen LogP contribution is 2.39. The summed E-state index contributed by atoms with van der Waals surface area (Å²) in [6.07, 6.45) is 2.36. The van der Waals surface area contributed by atoms with Crippen molar-refractivity contribution < 1.29 is 23.8 Å². The molecule has 2 rings (SSSR count). The topological polar surface area (TPSA) is 61.8 Å². The molecule has 114 valence electrons. The number of methoxy groups -OCH3 is 1.